The standard InChI is InChI=1S/C25H29N9O2/c1-18(36)28-22-16-20(5-8-27-22)29-25-23-19(17-33-12-10-32(11-13-33)14-15-35)6-9-34(23)31-24(30-25)21-4-2-3-7-26-21/h2-9,16,35H,10-15,17H2,1H3,(H2,27,28,29,30,31,36). The number of hydrogen-bond donors (Lipinski definition) is 3. The normalized spacial score (nSPS) is 14.7. The largest absolute Gasteiger partial charge is 0.395 e. The lowest BCUT2D eigenvalue weighted by Gasteiger charge is -2.34. The Hall–Kier alpha value is -3.93. The van der Waals surface area contributed by atoms with Crippen molar-refractivity contribution in [2.24, 2.45) is 0 Å². The molecule has 0 saturated carbocycles. The topological polar surface area (TPSA) is 124 Å². The number of hydrogen-bond acceptors (Lipinski definition) is 9. The van der Waals surface area contributed by atoms with Crippen LogP contribution in [0.3, 0.4) is 0 Å². The van der Waals surface area contributed by atoms with Gasteiger partial charge in [-0.15, -0.1) is 5.10 Å². The molecule has 1 aliphatic rings. The number of rotatable bonds is 8. The molecule has 36 heavy (non-hydrogen) atoms. The Labute approximate surface area is 208 Å². The van der Waals surface area contributed by atoms with Gasteiger partial charge in [-0.05, 0) is 29.8 Å². The molecule has 0 atom stereocenters. The summed E-state index contributed by atoms with van der Waals surface area (Å²) in [5.41, 5.74) is 3.40. The van der Waals surface area contributed by atoms with Crippen LogP contribution in [0.4, 0.5) is 17.3 Å². The number of carbonyl (C=O) groups excluding carboxylic acids is 1. The molecule has 0 unspecified atom stereocenters. The summed E-state index contributed by atoms with van der Waals surface area (Å²) in [6, 6.07) is 11.3. The third-order valence-corrected chi connectivity index (χ3v) is 6.09. The maximum absolute atomic E-state index is 11.5. The minimum Gasteiger partial charge on any atom is -0.395 e. The van der Waals surface area contributed by atoms with Crippen molar-refractivity contribution in [2.45, 2.75) is 13.5 Å². The van der Waals surface area contributed by atoms with E-state index in [4.69, 9.17) is 10.1 Å². The number of nitrogens with zero attached hydrogens (tertiary/aromatic N) is 7. The third kappa shape index (κ3) is 5.48. The van der Waals surface area contributed by atoms with Crippen LogP contribution < -0.4 is 10.6 Å². The van der Waals surface area contributed by atoms with Gasteiger partial charge in [0.05, 0.1) is 6.61 Å². The Balaban J connectivity index is 1.48. The molecule has 1 aliphatic heterocycles. The molecule has 1 amide bonds. The summed E-state index contributed by atoms with van der Waals surface area (Å²) in [4.78, 5) is 29.7. The summed E-state index contributed by atoms with van der Waals surface area (Å²) >= 11 is 0. The zero-order valence-corrected chi connectivity index (χ0v) is 20.1. The quantitative estimate of drug-likeness (QED) is 0.342. The summed E-state index contributed by atoms with van der Waals surface area (Å²) in [5.74, 6) is 1.42. The van der Waals surface area contributed by atoms with Crippen molar-refractivity contribution in [3.8, 4) is 11.5 Å². The number of aliphatic hydroxyl groups excluding tert-OH is 1. The molecule has 1 fully saturated rings. The van der Waals surface area contributed by atoms with E-state index in [1.807, 2.05) is 35.0 Å². The molecule has 5 rings (SSSR count). The molecule has 11 nitrogen and oxygen atoms in total. The van der Waals surface area contributed by atoms with Crippen LogP contribution in [0.15, 0.2) is 55.0 Å². The number of aromatic nitrogens is 5. The van der Waals surface area contributed by atoms with Gasteiger partial charge in [-0.25, -0.2) is 14.5 Å². The number of β-amino-alcohol motifs (C(OH)–C–C–N with tert-alkyl or cyclic N) is 1. The summed E-state index contributed by atoms with van der Waals surface area (Å²) in [6.07, 6.45) is 5.30. The molecular formula is C25H29N9O2. The molecule has 5 heterocycles. The zero-order chi connectivity index (χ0) is 24.9. The number of nitrogens with one attached hydrogen (secondary N) is 2. The Bertz CT molecular complexity index is 1330. The molecule has 186 valence electrons. The van der Waals surface area contributed by atoms with Crippen molar-refractivity contribution in [1.82, 2.24) is 34.4 Å². The van der Waals surface area contributed by atoms with Gasteiger partial charge in [0.25, 0.3) is 0 Å². The van der Waals surface area contributed by atoms with E-state index in [0.29, 0.717) is 29.7 Å². The highest BCUT2D eigenvalue weighted by Crippen LogP contribution is 2.27. The van der Waals surface area contributed by atoms with Gasteiger partial charge in [0.15, 0.2) is 5.82 Å². The SMILES string of the molecule is CC(=O)Nc1cc(Nc2nc(-c3ccccn3)nn3ccc(CN4CCN(CCO)CC4)c23)ccn1. The molecule has 11 heteroatoms. The van der Waals surface area contributed by atoms with E-state index in [9.17, 15) is 9.90 Å². The van der Waals surface area contributed by atoms with E-state index in [1.54, 1.807) is 18.5 Å². The minimum absolute atomic E-state index is 0.186. The van der Waals surface area contributed by atoms with Crippen LogP contribution in [0.25, 0.3) is 17.0 Å². The van der Waals surface area contributed by atoms with E-state index in [0.717, 1.165) is 49.5 Å². The predicted molar refractivity (Wildman–Crippen MR) is 137 cm³/mol. The van der Waals surface area contributed by atoms with Crippen molar-refractivity contribution in [3.05, 3.63) is 60.6 Å². The van der Waals surface area contributed by atoms with Gasteiger partial charge in [0, 0.05) is 76.5 Å². The van der Waals surface area contributed by atoms with Crippen molar-refractivity contribution >= 4 is 28.7 Å². The fourth-order valence-electron chi connectivity index (χ4n) is 4.35. The lowest BCUT2D eigenvalue weighted by Crippen LogP contribution is -2.46. The van der Waals surface area contributed by atoms with E-state index in [-0.39, 0.29) is 12.5 Å². The average molecular weight is 488 g/mol. The van der Waals surface area contributed by atoms with Crippen molar-refractivity contribution in [2.75, 3.05) is 50.0 Å². The van der Waals surface area contributed by atoms with Crippen LogP contribution in [0.5, 0.6) is 0 Å². The molecule has 1 saturated heterocycles. The van der Waals surface area contributed by atoms with Crippen LogP contribution in [-0.2, 0) is 11.3 Å². The van der Waals surface area contributed by atoms with Gasteiger partial charge < -0.3 is 15.7 Å². The second-order valence-electron chi connectivity index (χ2n) is 8.71. The van der Waals surface area contributed by atoms with E-state index in [2.05, 4.69) is 36.5 Å². The van der Waals surface area contributed by atoms with Crippen LogP contribution in [0, 0.1) is 0 Å². The fraction of sp³-hybridized carbons (Fsp3) is 0.320. The van der Waals surface area contributed by atoms with Crippen molar-refractivity contribution in [1.29, 1.82) is 0 Å². The van der Waals surface area contributed by atoms with Crippen molar-refractivity contribution in [3.63, 3.8) is 0 Å². The van der Waals surface area contributed by atoms with Crippen LogP contribution >= 0.6 is 0 Å². The van der Waals surface area contributed by atoms with Crippen LogP contribution in [0.2, 0.25) is 0 Å². The first kappa shape index (κ1) is 23.8. The molecule has 0 aromatic carbocycles. The van der Waals surface area contributed by atoms with Gasteiger partial charge in [-0.3, -0.25) is 19.6 Å². The highest BCUT2D eigenvalue weighted by molar-refractivity contribution is 5.88. The number of fused-ring (bicyclic) bond motifs is 1. The average Bonchev–Trinajstić information content (AvgIpc) is 3.28. The van der Waals surface area contributed by atoms with E-state index < -0.39 is 0 Å². The number of anilines is 3. The van der Waals surface area contributed by atoms with Crippen LogP contribution in [0.1, 0.15) is 12.5 Å². The summed E-state index contributed by atoms with van der Waals surface area (Å²) in [6.45, 7) is 6.83. The minimum atomic E-state index is -0.186. The molecule has 0 spiro atoms. The highest BCUT2D eigenvalue weighted by atomic mass is 16.3. The first-order chi connectivity index (χ1) is 17.6. The number of carbonyl (C=O) groups is 1. The highest BCUT2D eigenvalue weighted by Gasteiger charge is 2.20. The monoisotopic (exact) mass is 487 g/mol. The lowest BCUT2D eigenvalue weighted by molar-refractivity contribution is -0.114. The maximum Gasteiger partial charge on any atom is 0.222 e. The lowest BCUT2D eigenvalue weighted by atomic mass is 10.2. The molecule has 4 aromatic rings. The number of amides is 1. The molecule has 0 radical (unpaired) electrons. The molecule has 3 N–H and O–H groups in total. The molecule has 0 aliphatic carbocycles. The van der Waals surface area contributed by atoms with E-state index in [1.165, 1.54) is 6.92 Å². The van der Waals surface area contributed by atoms with Gasteiger partial charge in [-0.2, -0.15) is 0 Å². The number of pyridine rings is 2. The summed E-state index contributed by atoms with van der Waals surface area (Å²) in [5, 5.41) is 20.1. The molecular weight excluding hydrogens is 458 g/mol. The van der Waals surface area contributed by atoms with Gasteiger partial charge in [0.2, 0.25) is 11.7 Å². The fourth-order valence-corrected chi connectivity index (χ4v) is 4.35. The number of aliphatic hydroxyl groups is 1. The summed E-state index contributed by atoms with van der Waals surface area (Å²) in [7, 11) is 0. The zero-order valence-electron chi connectivity index (χ0n) is 20.1. The smallest absolute Gasteiger partial charge is 0.222 e. The molecule has 0 bridgehead atoms. The first-order valence-electron chi connectivity index (χ1n) is 11.9. The maximum atomic E-state index is 11.5. The Morgan fingerprint density at radius 1 is 1.06 bits per heavy atom. The molecule has 4 aromatic heterocycles. The van der Waals surface area contributed by atoms with Gasteiger partial charge in [-0.1, -0.05) is 6.07 Å². The predicted octanol–water partition coefficient (Wildman–Crippen LogP) is 2.00. The first-order valence-corrected chi connectivity index (χ1v) is 11.9. The second-order valence-corrected chi connectivity index (χ2v) is 8.71. The van der Waals surface area contributed by atoms with Gasteiger partial charge in [0.1, 0.15) is 17.0 Å². The number of piperazine rings is 1. The third-order valence-electron chi connectivity index (χ3n) is 6.09. The van der Waals surface area contributed by atoms with Crippen LogP contribution in [-0.4, -0.2) is 84.7 Å². The Kier molecular flexibility index (Phi) is 7.12. The second kappa shape index (κ2) is 10.8. The van der Waals surface area contributed by atoms with Gasteiger partial charge >= 0.3 is 0 Å². The van der Waals surface area contributed by atoms with Crippen molar-refractivity contribution < 1.29 is 9.90 Å². The summed E-state index contributed by atoms with van der Waals surface area (Å²) < 4.78 is 1.84. The Morgan fingerprint density at radius 3 is 2.64 bits per heavy atom. The Morgan fingerprint density at radius 2 is 1.89 bits per heavy atom. The van der Waals surface area contributed by atoms with E-state index >= 15 is 0 Å².